The van der Waals surface area contributed by atoms with Crippen molar-refractivity contribution in [2.24, 2.45) is 0 Å². The minimum absolute atomic E-state index is 0.0612. The summed E-state index contributed by atoms with van der Waals surface area (Å²) in [4.78, 5) is 15.7. The second-order valence-electron chi connectivity index (χ2n) is 3.64. The molecule has 0 saturated heterocycles. The van der Waals surface area contributed by atoms with Gasteiger partial charge in [0.1, 0.15) is 0 Å². The smallest absolute Gasteiger partial charge is 0.360 e. The summed E-state index contributed by atoms with van der Waals surface area (Å²) in [7, 11) is 1.27. The second-order valence-corrected chi connectivity index (χ2v) is 3.64. The summed E-state index contributed by atoms with van der Waals surface area (Å²) >= 11 is 0. The molecule has 0 aromatic carbocycles. The predicted octanol–water partition coefficient (Wildman–Crippen LogP) is 1.03. The summed E-state index contributed by atoms with van der Waals surface area (Å²) in [6.45, 7) is 2.39. The van der Waals surface area contributed by atoms with Gasteiger partial charge in [0.15, 0.2) is 11.5 Å². The molecule has 0 atom stereocenters. The maximum Gasteiger partial charge on any atom is 0.360 e. The number of nitrogen functional groups attached to an aromatic ring is 1. The SMILES string of the molecule is CCOc1cccc(-n2cc(N)c(C(=O)OC)n2)n1. The first-order valence-electron chi connectivity index (χ1n) is 5.69. The van der Waals surface area contributed by atoms with E-state index in [9.17, 15) is 4.79 Å². The van der Waals surface area contributed by atoms with Crippen LogP contribution in [0.25, 0.3) is 5.82 Å². The highest BCUT2D eigenvalue weighted by Crippen LogP contribution is 2.16. The average Bonchev–Trinajstić information content (AvgIpc) is 2.81. The van der Waals surface area contributed by atoms with Crippen molar-refractivity contribution >= 4 is 11.7 Å². The van der Waals surface area contributed by atoms with Crippen molar-refractivity contribution in [3.05, 3.63) is 30.1 Å². The number of ether oxygens (including phenoxy) is 2. The van der Waals surface area contributed by atoms with Gasteiger partial charge in [-0.05, 0) is 13.0 Å². The summed E-state index contributed by atoms with van der Waals surface area (Å²) in [5.41, 5.74) is 6.00. The summed E-state index contributed by atoms with van der Waals surface area (Å²) in [6.07, 6.45) is 1.50. The number of anilines is 1. The number of carbonyl (C=O) groups is 1. The van der Waals surface area contributed by atoms with Crippen molar-refractivity contribution in [1.82, 2.24) is 14.8 Å². The van der Waals surface area contributed by atoms with Crippen molar-refractivity contribution in [2.45, 2.75) is 6.92 Å². The van der Waals surface area contributed by atoms with E-state index in [-0.39, 0.29) is 11.4 Å². The molecule has 0 unspecified atom stereocenters. The first kappa shape index (κ1) is 12.9. The van der Waals surface area contributed by atoms with Gasteiger partial charge in [0.2, 0.25) is 5.88 Å². The van der Waals surface area contributed by atoms with E-state index in [0.29, 0.717) is 18.3 Å². The molecule has 2 N–H and O–H groups in total. The Balaban J connectivity index is 2.36. The van der Waals surface area contributed by atoms with Crippen molar-refractivity contribution in [3.8, 4) is 11.7 Å². The molecule has 0 radical (unpaired) electrons. The highest BCUT2D eigenvalue weighted by molar-refractivity contribution is 5.92. The molecule has 2 aromatic heterocycles. The maximum atomic E-state index is 11.4. The molecule has 0 amide bonds. The lowest BCUT2D eigenvalue weighted by Crippen LogP contribution is -2.06. The van der Waals surface area contributed by atoms with Crippen LogP contribution < -0.4 is 10.5 Å². The Morgan fingerprint density at radius 3 is 2.95 bits per heavy atom. The number of pyridine rings is 1. The molecule has 0 aliphatic heterocycles. The lowest BCUT2D eigenvalue weighted by atomic mass is 10.4. The van der Waals surface area contributed by atoms with E-state index in [1.54, 1.807) is 18.2 Å². The Labute approximate surface area is 110 Å². The molecule has 7 nitrogen and oxygen atoms in total. The van der Waals surface area contributed by atoms with Crippen molar-refractivity contribution in [3.63, 3.8) is 0 Å². The van der Waals surface area contributed by atoms with Gasteiger partial charge in [0, 0.05) is 6.07 Å². The van der Waals surface area contributed by atoms with Crippen LogP contribution in [0.3, 0.4) is 0 Å². The van der Waals surface area contributed by atoms with Crippen LogP contribution in [0.4, 0.5) is 5.69 Å². The average molecular weight is 262 g/mol. The number of hydrogen-bond acceptors (Lipinski definition) is 6. The van der Waals surface area contributed by atoms with E-state index in [1.807, 2.05) is 6.92 Å². The Hall–Kier alpha value is -2.57. The second kappa shape index (κ2) is 5.38. The highest BCUT2D eigenvalue weighted by Gasteiger charge is 2.16. The Bertz CT molecular complexity index is 594. The van der Waals surface area contributed by atoms with Crippen LogP contribution >= 0.6 is 0 Å². The predicted molar refractivity (Wildman–Crippen MR) is 68.3 cm³/mol. The van der Waals surface area contributed by atoms with Gasteiger partial charge in [-0.2, -0.15) is 10.1 Å². The van der Waals surface area contributed by atoms with Crippen LogP contribution in [0.15, 0.2) is 24.4 Å². The van der Waals surface area contributed by atoms with Crippen molar-refractivity contribution in [1.29, 1.82) is 0 Å². The minimum Gasteiger partial charge on any atom is -0.478 e. The minimum atomic E-state index is -0.586. The van der Waals surface area contributed by atoms with E-state index in [1.165, 1.54) is 18.0 Å². The van der Waals surface area contributed by atoms with Gasteiger partial charge >= 0.3 is 5.97 Å². The molecule has 2 aromatic rings. The van der Waals surface area contributed by atoms with Gasteiger partial charge in [-0.3, -0.25) is 0 Å². The third kappa shape index (κ3) is 2.65. The zero-order valence-corrected chi connectivity index (χ0v) is 10.7. The first-order chi connectivity index (χ1) is 9.15. The highest BCUT2D eigenvalue weighted by atomic mass is 16.5. The molecule has 0 fully saturated rings. The molecular formula is C12H14N4O3. The molecule has 0 aliphatic carbocycles. The molecule has 2 heterocycles. The number of nitrogens with zero attached hydrogens (tertiary/aromatic N) is 3. The maximum absolute atomic E-state index is 11.4. The molecule has 0 saturated carbocycles. The zero-order valence-electron chi connectivity index (χ0n) is 10.7. The number of nitrogens with two attached hydrogens (primary N) is 1. The summed E-state index contributed by atoms with van der Waals surface area (Å²) in [5.74, 6) is 0.402. The normalized spacial score (nSPS) is 10.2. The van der Waals surface area contributed by atoms with Crippen LogP contribution in [0.5, 0.6) is 5.88 Å². The third-order valence-electron chi connectivity index (χ3n) is 2.36. The molecular weight excluding hydrogens is 248 g/mol. The van der Waals surface area contributed by atoms with Gasteiger partial charge in [-0.1, -0.05) is 6.07 Å². The number of aromatic nitrogens is 3. The van der Waals surface area contributed by atoms with Crippen LogP contribution in [0, 0.1) is 0 Å². The van der Waals surface area contributed by atoms with E-state index in [0.717, 1.165) is 0 Å². The third-order valence-corrected chi connectivity index (χ3v) is 2.36. The largest absolute Gasteiger partial charge is 0.478 e. The Morgan fingerprint density at radius 1 is 1.47 bits per heavy atom. The Morgan fingerprint density at radius 2 is 2.26 bits per heavy atom. The molecule has 19 heavy (non-hydrogen) atoms. The fraction of sp³-hybridized carbons (Fsp3) is 0.250. The van der Waals surface area contributed by atoms with Crippen LogP contribution in [-0.2, 0) is 4.74 Å². The van der Waals surface area contributed by atoms with E-state index in [2.05, 4.69) is 14.8 Å². The first-order valence-corrected chi connectivity index (χ1v) is 5.69. The standard InChI is InChI=1S/C12H14N4O3/c1-3-19-10-6-4-5-9(14-10)16-7-8(13)11(15-16)12(17)18-2/h4-7H,3,13H2,1-2H3. The topological polar surface area (TPSA) is 92.3 Å². The molecule has 2 rings (SSSR count). The van der Waals surface area contributed by atoms with E-state index >= 15 is 0 Å². The lowest BCUT2D eigenvalue weighted by Gasteiger charge is -2.04. The zero-order chi connectivity index (χ0) is 13.8. The van der Waals surface area contributed by atoms with Crippen LogP contribution in [0.1, 0.15) is 17.4 Å². The molecule has 100 valence electrons. The van der Waals surface area contributed by atoms with E-state index < -0.39 is 5.97 Å². The van der Waals surface area contributed by atoms with Crippen LogP contribution in [0.2, 0.25) is 0 Å². The van der Waals surface area contributed by atoms with E-state index in [4.69, 9.17) is 10.5 Å². The number of esters is 1. The molecule has 0 aliphatic rings. The van der Waals surface area contributed by atoms with Gasteiger partial charge in [0.05, 0.1) is 25.6 Å². The molecule has 7 heteroatoms. The van der Waals surface area contributed by atoms with Gasteiger partial charge < -0.3 is 15.2 Å². The quantitative estimate of drug-likeness (QED) is 0.827. The summed E-state index contributed by atoms with van der Waals surface area (Å²) in [6, 6.07) is 5.25. The van der Waals surface area contributed by atoms with Gasteiger partial charge in [0.25, 0.3) is 0 Å². The fourth-order valence-corrected chi connectivity index (χ4v) is 1.52. The fourth-order valence-electron chi connectivity index (χ4n) is 1.52. The number of hydrogen-bond donors (Lipinski definition) is 1. The summed E-state index contributed by atoms with van der Waals surface area (Å²) < 4.78 is 11.3. The molecule has 0 bridgehead atoms. The van der Waals surface area contributed by atoms with Crippen molar-refractivity contribution < 1.29 is 14.3 Å². The van der Waals surface area contributed by atoms with Crippen LogP contribution in [-0.4, -0.2) is 34.5 Å². The molecule has 0 spiro atoms. The number of rotatable bonds is 4. The summed E-state index contributed by atoms with van der Waals surface area (Å²) in [5, 5.41) is 4.05. The Kier molecular flexibility index (Phi) is 3.65. The van der Waals surface area contributed by atoms with Crippen molar-refractivity contribution in [2.75, 3.05) is 19.5 Å². The number of carbonyl (C=O) groups excluding carboxylic acids is 1. The van der Waals surface area contributed by atoms with Gasteiger partial charge in [-0.25, -0.2) is 9.48 Å². The van der Waals surface area contributed by atoms with Gasteiger partial charge in [-0.15, -0.1) is 0 Å². The monoisotopic (exact) mass is 262 g/mol. The number of methoxy groups -OCH3 is 1. The lowest BCUT2D eigenvalue weighted by molar-refractivity contribution is 0.0594.